The minimum Gasteiger partial charge on any atom is -0.0643 e. The summed E-state index contributed by atoms with van der Waals surface area (Å²) in [6.07, 6.45) is 11.1. The molecular formula is C26H27Br. The monoisotopic (exact) mass is 418 g/mol. The molecular weight excluding hydrogens is 392 g/mol. The topological polar surface area (TPSA) is 0 Å². The molecule has 0 radical (unpaired) electrons. The SMILES string of the molecule is CC1=Cc2c(cc3c(c2Br)CCCC3)C1C(C)(C)C1=Cc2ccccc2C1. The molecule has 3 aliphatic carbocycles. The molecule has 0 saturated carbocycles. The fourth-order valence-electron chi connectivity index (χ4n) is 5.67. The molecule has 0 N–H and O–H groups in total. The lowest BCUT2D eigenvalue weighted by Gasteiger charge is -2.36. The largest absolute Gasteiger partial charge is 0.0643 e. The lowest BCUT2D eigenvalue weighted by molar-refractivity contribution is 0.384. The molecule has 3 aliphatic rings. The van der Waals surface area contributed by atoms with Crippen LogP contribution in [-0.4, -0.2) is 0 Å². The predicted octanol–water partition coefficient (Wildman–Crippen LogP) is 7.49. The Morgan fingerprint density at radius 1 is 1.00 bits per heavy atom. The highest BCUT2D eigenvalue weighted by Crippen LogP contribution is 2.55. The first kappa shape index (κ1) is 17.5. The highest BCUT2D eigenvalue weighted by molar-refractivity contribution is 9.10. The molecule has 2 aromatic rings. The highest BCUT2D eigenvalue weighted by Gasteiger charge is 2.41. The van der Waals surface area contributed by atoms with E-state index in [1.807, 2.05) is 0 Å². The van der Waals surface area contributed by atoms with Gasteiger partial charge in [0.1, 0.15) is 0 Å². The Morgan fingerprint density at radius 3 is 2.59 bits per heavy atom. The van der Waals surface area contributed by atoms with Crippen LogP contribution in [0.3, 0.4) is 0 Å². The van der Waals surface area contributed by atoms with Crippen molar-refractivity contribution in [3.8, 4) is 0 Å². The molecule has 2 aromatic carbocycles. The molecule has 0 amide bonds. The molecule has 0 aromatic heterocycles. The minimum absolute atomic E-state index is 0.118. The number of aryl methyl sites for hydroxylation is 1. The van der Waals surface area contributed by atoms with Crippen LogP contribution in [0.4, 0.5) is 0 Å². The van der Waals surface area contributed by atoms with Crippen LogP contribution in [0.25, 0.3) is 12.2 Å². The second-order valence-electron chi connectivity index (χ2n) is 9.13. The number of rotatable bonds is 2. The Hall–Kier alpha value is -1.60. The lowest BCUT2D eigenvalue weighted by Crippen LogP contribution is -2.25. The van der Waals surface area contributed by atoms with Crippen molar-refractivity contribution < 1.29 is 0 Å². The summed E-state index contributed by atoms with van der Waals surface area (Å²) in [5.74, 6) is 0.469. The molecule has 1 unspecified atom stereocenters. The van der Waals surface area contributed by atoms with Crippen LogP contribution < -0.4 is 0 Å². The van der Waals surface area contributed by atoms with Crippen molar-refractivity contribution in [3.05, 3.63) is 79.3 Å². The van der Waals surface area contributed by atoms with Crippen molar-refractivity contribution in [2.24, 2.45) is 5.41 Å². The third kappa shape index (κ3) is 2.62. The number of benzene rings is 2. The molecule has 0 spiro atoms. The normalized spacial score (nSPS) is 20.7. The Balaban J connectivity index is 1.60. The molecule has 0 nitrogen and oxygen atoms in total. The summed E-state index contributed by atoms with van der Waals surface area (Å²) in [6.45, 7) is 7.24. The number of hydrogen-bond donors (Lipinski definition) is 0. The molecule has 1 atom stereocenters. The fraction of sp³-hybridized carbons (Fsp3) is 0.385. The van der Waals surface area contributed by atoms with Gasteiger partial charge in [-0.2, -0.15) is 0 Å². The van der Waals surface area contributed by atoms with E-state index in [0.717, 1.165) is 6.42 Å². The van der Waals surface area contributed by atoms with Crippen molar-refractivity contribution in [2.45, 2.75) is 58.8 Å². The summed E-state index contributed by atoms with van der Waals surface area (Å²) in [7, 11) is 0. The van der Waals surface area contributed by atoms with E-state index in [-0.39, 0.29) is 5.41 Å². The Kier molecular flexibility index (Phi) is 4.02. The molecule has 0 heterocycles. The summed E-state index contributed by atoms with van der Waals surface area (Å²) in [5, 5.41) is 0. The summed E-state index contributed by atoms with van der Waals surface area (Å²) in [4.78, 5) is 0. The van der Waals surface area contributed by atoms with E-state index in [1.165, 1.54) is 52.4 Å². The first-order valence-electron chi connectivity index (χ1n) is 10.3. The second kappa shape index (κ2) is 6.21. The van der Waals surface area contributed by atoms with Gasteiger partial charge in [0.2, 0.25) is 0 Å². The van der Waals surface area contributed by atoms with Gasteiger partial charge in [-0.15, -0.1) is 0 Å². The maximum Gasteiger partial charge on any atom is 0.0285 e. The van der Waals surface area contributed by atoms with Crippen LogP contribution >= 0.6 is 15.9 Å². The zero-order valence-corrected chi connectivity index (χ0v) is 18.1. The van der Waals surface area contributed by atoms with Gasteiger partial charge in [0, 0.05) is 10.4 Å². The summed E-state index contributed by atoms with van der Waals surface area (Å²) in [6, 6.07) is 11.4. The molecule has 27 heavy (non-hydrogen) atoms. The van der Waals surface area contributed by atoms with E-state index in [4.69, 9.17) is 0 Å². The first-order chi connectivity index (χ1) is 13.0. The van der Waals surface area contributed by atoms with Crippen molar-refractivity contribution in [3.63, 3.8) is 0 Å². The van der Waals surface area contributed by atoms with Crippen LogP contribution in [0.15, 0.2) is 46.0 Å². The van der Waals surface area contributed by atoms with Crippen LogP contribution in [0.2, 0.25) is 0 Å². The fourth-order valence-corrected chi connectivity index (χ4v) is 6.47. The molecule has 138 valence electrons. The van der Waals surface area contributed by atoms with Gasteiger partial charge in [0.15, 0.2) is 0 Å². The molecule has 0 aliphatic heterocycles. The molecule has 0 fully saturated rings. The summed E-state index contributed by atoms with van der Waals surface area (Å²) >= 11 is 3.99. The van der Waals surface area contributed by atoms with Crippen LogP contribution in [0.1, 0.15) is 72.9 Å². The van der Waals surface area contributed by atoms with Crippen molar-refractivity contribution in [1.82, 2.24) is 0 Å². The van der Waals surface area contributed by atoms with Gasteiger partial charge in [0.05, 0.1) is 0 Å². The highest BCUT2D eigenvalue weighted by atomic mass is 79.9. The van der Waals surface area contributed by atoms with Crippen molar-refractivity contribution in [2.75, 3.05) is 0 Å². The average Bonchev–Trinajstić information content (AvgIpc) is 3.23. The van der Waals surface area contributed by atoms with Crippen molar-refractivity contribution in [1.29, 1.82) is 0 Å². The van der Waals surface area contributed by atoms with E-state index >= 15 is 0 Å². The van der Waals surface area contributed by atoms with Gasteiger partial charge in [-0.1, -0.05) is 67.5 Å². The Labute approximate surface area is 171 Å². The molecule has 0 bridgehead atoms. The van der Waals surface area contributed by atoms with E-state index < -0.39 is 0 Å². The third-order valence-corrected chi connectivity index (χ3v) is 8.01. The van der Waals surface area contributed by atoms with Gasteiger partial charge in [-0.05, 0) is 93.8 Å². The van der Waals surface area contributed by atoms with Crippen LogP contribution in [0.5, 0.6) is 0 Å². The zero-order valence-electron chi connectivity index (χ0n) is 16.5. The van der Waals surface area contributed by atoms with E-state index in [1.54, 1.807) is 22.3 Å². The minimum atomic E-state index is 0.118. The first-order valence-corrected chi connectivity index (χ1v) is 11.1. The van der Waals surface area contributed by atoms with Gasteiger partial charge in [-0.25, -0.2) is 0 Å². The summed E-state index contributed by atoms with van der Waals surface area (Å²) < 4.78 is 1.37. The quantitative estimate of drug-likeness (QED) is 0.473. The maximum absolute atomic E-state index is 3.99. The molecule has 0 saturated heterocycles. The Morgan fingerprint density at radius 2 is 1.78 bits per heavy atom. The predicted molar refractivity (Wildman–Crippen MR) is 119 cm³/mol. The van der Waals surface area contributed by atoms with Crippen LogP contribution in [0, 0.1) is 5.41 Å². The van der Waals surface area contributed by atoms with Crippen molar-refractivity contribution >= 4 is 28.1 Å². The number of hydrogen-bond acceptors (Lipinski definition) is 0. The molecule has 5 rings (SSSR count). The number of halogens is 1. The van der Waals surface area contributed by atoms with E-state index in [9.17, 15) is 0 Å². The summed E-state index contributed by atoms with van der Waals surface area (Å²) in [5.41, 5.74) is 12.2. The van der Waals surface area contributed by atoms with E-state index in [0.29, 0.717) is 5.92 Å². The standard InChI is InChI=1S/C26H27Br/c1-16-12-23-22(15-19-10-6-7-11-21(19)25(23)27)24(16)26(2,3)20-13-17-8-4-5-9-18(17)14-20/h4-5,8-9,12-13,15,24H,6-7,10-11,14H2,1-3H3. The molecule has 1 heteroatoms. The Bertz CT molecular complexity index is 1000. The number of allylic oxidation sites excluding steroid dienone is 2. The lowest BCUT2D eigenvalue weighted by atomic mass is 9.67. The smallest absolute Gasteiger partial charge is 0.0285 e. The zero-order chi connectivity index (χ0) is 18.8. The number of fused-ring (bicyclic) bond motifs is 3. The average molecular weight is 419 g/mol. The van der Waals surface area contributed by atoms with E-state index in [2.05, 4.69) is 79.2 Å². The van der Waals surface area contributed by atoms with Gasteiger partial charge in [0.25, 0.3) is 0 Å². The van der Waals surface area contributed by atoms with Gasteiger partial charge in [-0.3, -0.25) is 0 Å². The van der Waals surface area contributed by atoms with Gasteiger partial charge < -0.3 is 0 Å². The third-order valence-electron chi connectivity index (χ3n) is 7.11. The van der Waals surface area contributed by atoms with Crippen LogP contribution in [-0.2, 0) is 19.3 Å². The maximum atomic E-state index is 3.99. The second-order valence-corrected chi connectivity index (χ2v) is 9.92. The van der Waals surface area contributed by atoms with Gasteiger partial charge >= 0.3 is 0 Å².